The Bertz CT molecular complexity index is 367. The molecule has 17 heavy (non-hydrogen) atoms. The average Bonchev–Trinajstić information content (AvgIpc) is 2.64. The molecule has 0 aromatic carbocycles. The molecule has 4 bridgehead atoms. The van der Waals surface area contributed by atoms with Crippen LogP contribution in [0.2, 0.25) is 0 Å². The summed E-state index contributed by atoms with van der Waals surface area (Å²) < 4.78 is 5.82. The number of carbonyl (C=O) groups excluding carboxylic acids is 1. The normalized spacial score (nSPS) is 51.1. The fourth-order valence-corrected chi connectivity index (χ4v) is 5.23. The Morgan fingerprint density at radius 2 is 1.76 bits per heavy atom. The van der Waals surface area contributed by atoms with Gasteiger partial charge in [-0.15, -0.1) is 0 Å². The quantitative estimate of drug-likeness (QED) is 0.671. The van der Waals surface area contributed by atoms with Gasteiger partial charge in [-0.2, -0.15) is 0 Å². The zero-order valence-corrected chi connectivity index (χ0v) is 10.6. The first kappa shape index (κ1) is 10.3. The van der Waals surface area contributed by atoms with E-state index in [0.29, 0.717) is 18.4 Å². The Hall–Kier alpha value is -0.640. The topological polar surface area (TPSA) is 29.5 Å². The van der Waals surface area contributed by atoms with Crippen LogP contribution in [0.3, 0.4) is 0 Å². The van der Waals surface area contributed by atoms with Crippen molar-refractivity contribution in [1.29, 1.82) is 0 Å². The van der Waals surface area contributed by atoms with Crippen LogP contribution in [0.4, 0.5) is 4.79 Å². The molecule has 5 fully saturated rings. The number of amides is 1. The summed E-state index contributed by atoms with van der Waals surface area (Å²) in [5.74, 6) is 3.01. The largest absolute Gasteiger partial charge is 0.440 e. The van der Waals surface area contributed by atoms with Gasteiger partial charge in [0.05, 0.1) is 12.0 Å². The van der Waals surface area contributed by atoms with Crippen molar-refractivity contribution in [3.8, 4) is 0 Å². The Balaban J connectivity index is 1.70. The number of thiocarbonyl (C=S) groups is 1. The highest BCUT2D eigenvalue weighted by Crippen LogP contribution is 2.60. The van der Waals surface area contributed by atoms with Crippen molar-refractivity contribution in [2.24, 2.45) is 23.7 Å². The minimum atomic E-state index is -0.215. The lowest BCUT2D eigenvalue weighted by atomic mass is 9.50. The van der Waals surface area contributed by atoms with Crippen LogP contribution in [0.5, 0.6) is 0 Å². The van der Waals surface area contributed by atoms with Gasteiger partial charge >= 0.3 is 6.09 Å². The molecule has 0 unspecified atom stereocenters. The molecule has 4 aliphatic carbocycles. The van der Waals surface area contributed by atoms with Crippen LogP contribution in [0.15, 0.2) is 0 Å². The standard InChI is InChI=1S/C13H17NO2S/c15-12-14(7-17)6-13(16-12)10-2-8-1-9(4-10)5-11(13)3-8/h7-11H,1-6H2. The first-order chi connectivity index (χ1) is 8.21. The smallest absolute Gasteiger partial charge is 0.415 e. The first-order valence-corrected chi connectivity index (χ1v) is 7.13. The molecule has 5 rings (SSSR count). The number of carbonyl (C=O) groups is 1. The highest BCUT2D eigenvalue weighted by atomic mass is 32.1. The van der Waals surface area contributed by atoms with Crippen molar-refractivity contribution < 1.29 is 9.53 Å². The molecule has 1 amide bonds. The molecule has 0 N–H and O–H groups in total. The van der Waals surface area contributed by atoms with Crippen molar-refractivity contribution in [3.05, 3.63) is 0 Å². The summed E-state index contributed by atoms with van der Waals surface area (Å²) in [5, 5.41) is 0. The Morgan fingerprint density at radius 1 is 1.18 bits per heavy atom. The van der Waals surface area contributed by atoms with Gasteiger partial charge in [0.15, 0.2) is 0 Å². The van der Waals surface area contributed by atoms with E-state index in [1.165, 1.54) is 37.6 Å². The highest BCUT2D eigenvalue weighted by molar-refractivity contribution is 7.78. The van der Waals surface area contributed by atoms with E-state index >= 15 is 0 Å². The molecule has 1 saturated heterocycles. The third-order valence-electron chi connectivity index (χ3n) is 5.58. The molecular weight excluding hydrogens is 234 g/mol. The molecule has 4 saturated carbocycles. The molecule has 4 heteroatoms. The number of nitrogens with zero attached hydrogens (tertiary/aromatic N) is 1. The van der Waals surface area contributed by atoms with Gasteiger partial charge in [0, 0.05) is 11.8 Å². The Kier molecular flexibility index (Phi) is 1.95. The Morgan fingerprint density at radius 3 is 2.24 bits per heavy atom. The second-order valence-corrected chi connectivity index (χ2v) is 6.57. The monoisotopic (exact) mass is 251 g/mol. The molecule has 1 aliphatic heterocycles. The lowest BCUT2D eigenvalue weighted by Crippen LogP contribution is -2.59. The van der Waals surface area contributed by atoms with Gasteiger partial charge in [-0.1, -0.05) is 12.2 Å². The summed E-state index contributed by atoms with van der Waals surface area (Å²) in [5.41, 5.74) is 1.28. The van der Waals surface area contributed by atoms with E-state index in [2.05, 4.69) is 0 Å². The van der Waals surface area contributed by atoms with Gasteiger partial charge in [0.1, 0.15) is 5.60 Å². The van der Waals surface area contributed by atoms with Crippen LogP contribution in [0.25, 0.3) is 0 Å². The maximum atomic E-state index is 11.8. The third-order valence-corrected chi connectivity index (χ3v) is 5.83. The van der Waals surface area contributed by atoms with E-state index in [-0.39, 0.29) is 11.7 Å². The average molecular weight is 251 g/mol. The van der Waals surface area contributed by atoms with Gasteiger partial charge in [-0.3, -0.25) is 4.90 Å². The zero-order valence-electron chi connectivity index (χ0n) is 9.80. The maximum Gasteiger partial charge on any atom is 0.415 e. The summed E-state index contributed by atoms with van der Waals surface area (Å²) in [7, 11) is 0. The minimum absolute atomic E-state index is 0.181. The van der Waals surface area contributed by atoms with Gasteiger partial charge in [0.2, 0.25) is 0 Å². The summed E-state index contributed by atoms with van der Waals surface area (Å²) in [6.07, 6.45) is 6.29. The summed E-state index contributed by atoms with van der Waals surface area (Å²) in [6, 6.07) is 0. The van der Waals surface area contributed by atoms with Crippen molar-refractivity contribution in [1.82, 2.24) is 4.90 Å². The minimum Gasteiger partial charge on any atom is -0.440 e. The van der Waals surface area contributed by atoms with Gasteiger partial charge < -0.3 is 4.74 Å². The molecular formula is C13H17NO2S. The predicted octanol–water partition coefficient (Wildman–Crippen LogP) is 2.59. The third kappa shape index (κ3) is 1.22. The second-order valence-electron chi connectivity index (χ2n) is 6.36. The summed E-state index contributed by atoms with van der Waals surface area (Å²) in [6.45, 7) is 0.712. The summed E-state index contributed by atoms with van der Waals surface area (Å²) >= 11 is 4.91. The van der Waals surface area contributed by atoms with Crippen molar-refractivity contribution in [3.63, 3.8) is 0 Å². The van der Waals surface area contributed by atoms with Crippen molar-refractivity contribution in [2.75, 3.05) is 6.54 Å². The van der Waals surface area contributed by atoms with Gasteiger partial charge in [-0.05, 0) is 43.9 Å². The van der Waals surface area contributed by atoms with E-state index in [0.717, 1.165) is 11.8 Å². The molecule has 0 aromatic heterocycles. The van der Waals surface area contributed by atoms with E-state index in [1.807, 2.05) is 0 Å². The van der Waals surface area contributed by atoms with Crippen molar-refractivity contribution >= 4 is 23.8 Å². The molecule has 1 spiro atoms. The van der Waals surface area contributed by atoms with E-state index < -0.39 is 0 Å². The summed E-state index contributed by atoms with van der Waals surface area (Å²) in [4.78, 5) is 13.4. The maximum absolute atomic E-state index is 11.8. The highest BCUT2D eigenvalue weighted by Gasteiger charge is 2.62. The molecule has 5 aliphatic rings. The molecule has 0 aromatic rings. The van der Waals surface area contributed by atoms with Gasteiger partial charge in [0.25, 0.3) is 0 Å². The van der Waals surface area contributed by atoms with E-state index in [9.17, 15) is 4.79 Å². The number of hydrogen-bond donors (Lipinski definition) is 0. The molecule has 1 heterocycles. The number of rotatable bonds is 1. The van der Waals surface area contributed by atoms with E-state index in [4.69, 9.17) is 17.0 Å². The zero-order chi connectivity index (χ0) is 11.6. The SMILES string of the molecule is O=C1OC2(CN1C=S)C1CC3CC(C1)CC2C3. The van der Waals surface area contributed by atoms with Crippen LogP contribution >= 0.6 is 12.2 Å². The first-order valence-electron chi connectivity index (χ1n) is 6.66. The second kappa shape index (κ2) is 3.22. The van der Waals surface area contributed by atoms with Crippen LogP contribution in [0.1, 0.15) is 32.1 Å². The lowest BCUT2D eigenvalue weighted by molar-refractivity contribution is -0.151. The molecule has 3 nitrogen and oxygen atoms in total. The Labute approximate surface area is 106 Å². The lowest BCUT2D eigenvalue weighted by Gasteiger charge is -2.58. The van der Waals surface area contributed by atoms with Crippen molar-refractivity contribution in [2.45, 2.75) is 37.7 Å². The van der Waals surface area contributed by atoms with Crippen LogP contribution in [-0.2, 0) is 4.74 Å². The predicted molar refractivity (Wildman–Crippen MR) is 66.6 cm³/mol. The van der Waals surface area contributed by atoms with Crippen LogP contribution < -0.4 is 0 Å². The number of ether oxygens (including phenoxy) is 1. The fourth-order valence-electron chi connectivity index (χ4n) is 5.07. The molecule has 0 radical (unpaired) electrons. The molecule has 0 atom stereocenters. The van der Waals surface area contributed by atoms with Crippen LogP contribution in [0, 0.1) is 23.7 Å². The molecule has 92 valence electrons. The van der Waals surface area contributed by atoms with Gasteiger partial charge in [-0.25, -0.2) is 4.79 Å². The van der Waals surface area contributed by atoms with E-state index in [1.54, 1.807) is 4.90 Å². The number of hydrogen-bond acceptors (Lipinski definition) is 3. The fraction of sp³-hybridized carbons (Fsp3) is 0.846. The van der Waals surface area contributed by atoms with Crippen LogP contribution in [-0.4, -0.2) is 28.6 Å².